The second-order valence-electron chi connectivity index (χ2n) is 6.14. The lowest BCUT2D eigenvalue weighted by Gasteiger charge is -2.16. The topological polar surface area (TPSA) is 63.9 Å². The number of fused-ring (bicyclic) bond motifs is 1. The van der Waals surface area contributed by atoms with Crippen LogP contribution in [0.2, 0.25) is 0 Å². The summed E-state index contributed by atoms with van der Waals surface area (Å²) in [4.78, 5) is 23.5. The predicted molar refractivity (Wildman–Crippen MR) is 98.2 cm³/mol. The normalized spacial score (nSPS) is 11.4. The standard InChI is InChI=1S/C19H23N5O/c1-4-24(5-2)13-17(25)8-16-9-19-14(10-20-16)6-7-18(22-19)15-11-21-23(3)12-15/h6-7,9-12H,4-5,8,13H2,1-3H3. The lowest BCUT2D eigenvalue weighted by atomic mass is 10.1. The van der Waals surface area contributed by atoms with Gasteiger partial charge in [-0.15, -0.1) is 0 Å². The number of ketones is 1. The Bertz CT molecular complexity index is 882. The van der Waals surface area contributed by atoms with Gasteiger partial charge in [0.25, 0.3) is 0 Å². The maximum Gasteiger partial charge on any atom is 0.152 e. The molecule has 0 aliphatic heterocycles. The Morgan fingerprint density at radius 1 is 1.20 bits per heavy atom. The van der Waals surface area contributed by atoms with Crippen LogP contribution in [0.3, 0.4) is 0 Å². The fraction of sp³-hybridized carbons (Fsp3) is 0.368. The number of aromatic nitrogens is 4. The van der Waals surface area contributed by atoms with E-state index in [0.717, 1.165) is 40.9 Å². The van der Waals surface area contributed by atoms with E-state index in [1.54, 1.807) is 17.1 Å². The molecule has 3 rings (SSSR count). The van der Waals surface area contributed by atoms with E-state index in [4.69, 9.17) is 4.98 Å². The molecule has 3 heterocycles. The number of carbonyl (C=O) groups excluding carboxylic acids is 1. The van der Waals surface area contributed by atoms with Crippen LogP contribution in [0, 0.1) is 0 Å². The molecular formula is C19H23N5O. The smallest absolute Gasteiger partial charge is 0.152 e. The minimum absolute atomic E-state index is 0.180. The van der Waals surface area contributed by atoms with Gasteiger partial charge in [0.1, 0.15) is 0 Å². The van der Waals surface area contributed by atoms with Crippen LogP contribution in [0.25, 0.3) is 22.2 Å². The fourth-order valence-corrected chi connectivity index (χ4v) is 2.82. The SMILES string of the molecule is CCN(CC)CC(=O)Cc1cc2nc(-c3cnn(C)c3)ccc2cn1. The number of hydrogen-bond donors (Lipinski definition) is 0. The molecule has 0 saturated carbocycles. The number of likely N-dealkylation sites (N-methyl/N-ethyl adjacent to an activating group) is 1. The van der Waals surface area contributed by atoms with E-state index in [0.29, 0.717) is 13.0 Å². The maximum absolute atomic E-state index is 12.3. The van der Waals surface area contributed by atoms with Gasteiger partial charge in [-0.1, -0.05) is 13.8 Å². The molecule has 0 aromatic carbocycles. The molecule has 0 bridgehead atoms. The van der Waals surface area contributed by atoms with Crippen molar-refractivity contribution in [1.82, 2.24) is 24.6 Å². The average Bonchev–Trinajstić information content (AvgIpc) is 3.05. The average molecular weight is 337 g/mol. The summed E-state index contributed by atoms with van der Waals surface area (Å²) in [6.45, 7) is 6.35. The number of aryl methyl sites for hydroxylation is 1. The Morgan fingerprint density at radius 3 is 2.68 bits per heavy atom. The van der Waals surface area contributed by atoms with Gasteiger partial charge in [-0.25, -0.2) is 4.98 Å². The number of Topliss-reactive ketones (excluding diaryl/α,β-unsaturated/α-hetero) is 1. The quantitative estimate of drug-likeness (QED) is 0.663. The minimum atomic E-state index is 0.180. The fourth-order valence-electron chi connectivity index (χ4n) is 2.82. The number of carbonyl (C=O) groups is 1. The largest absolute Gasteiger partial charge is 0.298 e. The summed E-state index contributed by atoms with van der Waals surface area (Å²) in [6.07, 6.45) is 5.86. The van der Waals surface area contributed by atoms with Crippen molar-refractivity contribution in [2.45, 2.75) is 20.3 Å². The van der Waals surface area contributed by atoms with Crippen LogP contribution in [-0.4, -0.2) is 50.1 Å². The zero-order chi connectivity index (χ0) is 17.8. The van der Waals surface area contributed by atoms with Crippen molar-refractivity contribution in [3.05, 3.63) is 42.5 Å². The summed E-state index contributed by atoms with van der Waals surface area (Å²) >= 11 is 0. The number of hydrogen-bond acceptors (Lipinski definition) is 5. The summed E-state index contributed by atoms with van der Waals surface area (Å²) in [5, 5.41) is 5.15. The Balaban J connectivity index is 1.82. The van der Waals surface area contributed by atoms with Gasteiger partial charge in [0.15, 0.2) is 5.78 Å². The summed E-state index contributed by atoms with van der Waals surface area (Å²) in [7, 11) is 1.88. The first-order chi connectivity index (χ1) is 12.1. The highest BCUT2D eigenvalue weighted by Crippen LogP contribution is 2.20. The molecule has 130 valence electrons. The van der Waals surface area contributed by atoms with Gasteiger partial charge in [0, 0.05) is 36.1 Å². The summed E-state index contributed by atoms with van der Waals surface area (Å²) in [6, 6.07) is 5.88. The third kappa shape index (κ3) is 4.09. The van der Waals surface area contributed by atoms with Crippen LogP contribution in [-0.2, 0) is 18.3 Å². The van der Waals surface area contributed by atoms with Crippen molar-refractivity contribution >= 4 is 16.7 Å². The van der Waals surface area contributed by atoms with E-state index in [2.05, 4.69) is 28.8 Å². The molecule has 0 saturated heterocycles. The van der Waals surface area contributed by atoms with Crippen LogP contribution in [0.15, 0.2) is 36.8 Å². The predicted octanol–water partition coefficient (Wildman–Crippen LogP) is 2.48. The molecule has 0 atom stereocenters. The highest BCUT2D eigenvalue weighted by molar-refractivity contribution is 5.85. The van der Waals surface area contributed by atoms with Gasteiger partial charge < -0.3 is 0 Å². The van der Waals surface area contributed by atoms with E-state index in [9.17, 15) is 4.79 Å². The van der Waals surface area contributed by atoms with Crippen molar-refractivity contribution in [1.29, 1.82) is 0 Å². The van der Waals surface area contributed by atoms with Crippen molar-refractivity contribution in [3.8, 4) is 11.3 Å². The third-order valence-electron chi connectivity index (χ3n) is 4.30. The Hall–Kier alpha value is -2.60. The van der Waals surface area contributed by atoms with Gasteiger partial charge in [-0.2, -0.15) is 5.10 Å². The van der Waals surface area contributed by atoms with E-state index in [-0.39, 0.29) is 5.78 Å². The number of rotatable bonds is 7. The first kappa shape index (κ1) is 17.2. The highest BCUT2D eigenvalue weighted by atomic mass is 16.1. The zero-order valence-electron chi connectivity index (χ0n) is 14.9. The third-order valence-corrected chi connectivity index (χ3v) is 4.30. The molecule has 0 spiro atoms. The van der Waals surface area contributed by atoms with Gasteiger partial charge in [0.05, 0.1) is 30.4 Å². The monoisotopic (exact) mass is 337 g/mol. The molecule has 6 heteroatoms. The molecular weight excluding hydrogens is 314 g/mol. The molecule has 0 fully saturated rings. The van der Waals surface area contributed by atoms with E-state index < -0.39 is 0 Å². The Kier molecular flexibility index (Phi) is 5.19. The van der Waals surface area contributed by atoms with Crippen LogP contribution in [0.4, 0.5) is 0 Å². The maximum atomic E-state index is 12.3. The van der Waals surface area contributed by atoms with E-state index in [1.165, 1.54) is 0 Å². The Labute approximate surface area is 147 Å². The Morgan fingerprint density at radius 2 is 2.00 bits per heavy atom. The molecule has 0 N–H and O–H groups in total. The van der Waals surface area contributed by atoms with Crippen LogP contribution in [0.1, 0.15) is 19.5 Å². The lowest BCUT2D eigenvalue weighted by molar-refractivity contribution is -0.119. The summed E-state index contributed by atoms with van der Waals surface area (Å²) in [5.74, 6) is 0.180. The van der Waals surface area contributed by atoms with Gasteiger partial charge in [-0.3, -0.25) is 19.4 Å². The number of pyridine rings is 2. The molecule has 0 radical (unpaired) electrons. The second kappa shape index (κ2) is 7.53. The molecule has 0 aliphatic carbocycles. The minimum Gasteiger partial charge on any atom is -0.298 e. The molecule has 25 heavy (non-hydrogen) atoms. The molecule has 0 amide bonds. The van der Waals surface area contributed by atoms with Crippen molar-refractivity contribution in [2.24, 2.45) is 7.05 Å². The van der Waals surface area contributed by atoms with Gasteiger partial charge in [0.2, 0.25) is 0 Å². The first-order valence-electron chi connectivity index (χ1n) is 8.57. The molecule has 0 aliphatic rings. The van der Waals surface area contributed by atoms with Gasteiger partial charge >= 0.3 is 0 Å². The molecule has 3 aromatic rings. The first-order valence-corrected chi connectivity index (χ1v) is 8.57. The van der Waals surface area contributed by atoms with Gasteiger partial charge in [-0.05, 0) is 31.3 Å². The lowest BCUT2D eigenvalue weighted by Crippen LogP contribution is -2.30. The van der Waals surface area contributed by atoms with Crippen LogP contribution in [0.5, 0.6) is 0 Å². The zero-order valence-corrected chi connectivity index (χ0v) is 14.9. The van der Waals surface area contributed by atoms with Crippen molar-refractivity contribution in [3.63, 3.8) is 0 Å². The van der Waals surface area contributed by atoms with Crippen LogP contribution < -0.4 is 0 Å². The summed E-state index contributed by atoms with van der Waals surface area (Å²) < 4.78 is 1.76. The van der Waals surface area contributed by atoms with Crippen molar-refractivity contribution in [2.75, 3.05) is 19.6 Å². The molecule has 6 nitrogen and oxygen atoms in total. The molecule has 3 aromatic heterocycles. The highest BCUT2D eigenvalue weighted by Gasteiger charge is 2.11. The van der Waals surface area contributed by atoms with E-state index >= 15 is 0 Å². The summed E-state index contributed by atoms with van der Waals surface area (Å²) in [5.41, 5.74) is 3.45. The van der Waals surface area contributed by atoms with Crippen molar-refractivity contribution < 1.29 is 4.79 Å². The second-order valence-corrected chi connectivity index (χ2v) is 6.14. The molecule has 0 unspecified atom stereocenters. The number of nitrogens with zero attached hydrogens (tertiary/aromatic N) is 5. The van der Waals surface area contributed by atoms with Crippen LogP contribution >= 0.6 is 0 Å². The van der Waals surface area contributed by atoms with E-state index in [1.807, 2.05) is 31.4 Å².